The van der Waals surface area contributed by atoms with E-state index in [-0.39, 0.29) is 24.8 Å². The van der Waals surface area contributed by atoms with Gasteiger partial charge in [-0.05, 0) is 35.4 Å². The minimum absolute atomic E-state index is 0.0169. The second-order valence-electron chi connectivity index (χ2n) is 6.67. The molecule has 0 aromatic heterocycles. The van der Waals surface area contributed by atoms with Crippen molar-refractivity contribution in [2.75, 3.05) is 25.6 Å². The third-order valence-electron chi connectivity index (χ3n) is 4.46. The molecule has 0 aliphatic carbocycles. The van der Waals surface area contributed by atoms with Crippen LogP contribution in [0.5, 0.6) is 5.75 Å². The van der Waals surface area contributed by atoms with Crippen LogP contribution in [0.1, 0.15) is 11.1 Å². The minimum Gasteiger partial charge on any atom is -0.508 e. The van der Waals surface area contributed by atoms with Crippen LogP contribution in [0.4, 0.5) is 10.5 Å². The number of anilines is 1. The Morgan fingerprint density at radius 1 is 1.22 bits per heavy atom. The van der Waals surface area contributed by atoms with Crippen LogP contribution in [-0.4, -0.2) is 48.8 Å². The summed E-state index contributed by atoms with van der Waals surface area (Å²) in [4.78, 5) is 28.0. The summed E-state index contributed by atoms with van der Waals surface area (Å²) in [6.45, 7) is 0.586. The zero-order valence-electron chi connectivity index (χ0n) is 15.4. The molecule has 2 amide bonds. The number of rotatable bonds is 6. The van der Waals surface area contributed by atoms with Crippen LogP contribution >= 0.6 is 0 Å². The summed E-state index contributed by atoms with van der Waals surface area (Å²) in [7, 11) is 3.93. The van der Waals surface area contributed by atoms with E-state index < -0.39 is 12.1 Å². The van der Waals surface area contributed by atoms with E-state index in [0.29, 0.717) is 6.54 Å². The highest BCUT2D eigenvalue weighted by Gasteiger charge is 2.37. The number of phenolic OH excluding ortho intramolecular Hbond substituents is 1. The maximum absolute atomic E-state index is 12.6. The van der Waals surface area contributed by atoms with E-state index in [4.69, 9.17) is 4.74 Å². The Balaban J connectivity index is 1.61. The highest BCUT2D eigenvalue weighted by atomic mass is 16.6. The molecule has 3 rings (SSSR count). The van der Waals surface area contributed by atoms with Crippen molar-refractivity contribution in [3.63, 3.8) is 0 Å². The standard InChI is InChI=1S/C20H23N3O4/c1-22(2)16-8-6-14(7-9-16)11-21-19(25)18-13-27-20(26)23(18)12-15-4-3-5-17(24)10-15/h3-10,18,24H,11-13H2,1-2H3,(H,21,25)/t18-/m0/s1. The van der Waals surface area contributed by atoms with Gasteiger partial charge in [-0.1, -0.05) is 24.3 Å². The Morgan fingerprint density at radius 3 is 2.63 bits per heavy atom. The van der Waals surface area contributed by atoms with Gasteiger partial charge in [0, 0.05) is 26.3 Å². The topological polar surface area (TPSA) is 82.1 Å². The summed E-state index contributed by atoms with van der Waals surface area (Å²) in [6.07, 6.45) is -0.533. The van der Waals surface area contributed by atoms with Gasteiger partial charge in [0.1, 0.15) is 18.4 Å². The van der Waals surface area contributed by atoms with Crippen LogP contribution in [0.3, 0.4) is 0 Å². The number of benzene rings is 2. The van der Waals surface area contributed by atoms with Gasteiger partial charge in [-0.3, -0.25) is 9.69 Å². The van der Waals surface area contributed by atoms with Crippen LogP contribution in [-0.2, 0) is 22.6 Å². The van der Waals surface area contributed by atoms with Crippen LogP contribution in [0, 0.1) is 0 Å². The first kappa shape index (κ1) is 18.6. The summed E-state index contributed by atoms with van der Waals surface area (Å²) in [5.41, 5.74) is 2.78. The maximum atomic E-state index is 12.6. The van der Waals surface area contributed by atoms with Gasteiger partial charge in [0.25, 0.3) is 0 Å². The molecule has 1 aliphatic rings. The second-order valence-corrected chi connectivity index (χ2v) is 6.67. The molecular weight excluding hydrogens is 346 g/mol. The highest BCUT2D eigenvalue weighted by molar-refractivity contribution is 5.87. The molecule has 2 aromatic rings. The lowest BCUT2D eigenvalue weighted by atomic mass is 10.1. The maximum Gasteiger partial charge on any atom is 0.410 e. The molecule has 27 heavy (non-hydrogen) atoms. The molecule has 2 aromatic carbocycles. The number of carbonyl (C=O) groups is 2. The van der Waals surface area contributed by atoms with Gasteiger partial charge in [0.05, 0.1) is 6.54 Å². The molecule has 0 bridgehead atoms. The SMILES string of the molecule is CN(C)c1ccc(CNC(=O)[C@@H]2COC(=O)N2Cc2cccc(O)c2)cc1. The summed E-state index contributed by atoms with van der Waals surface area (Å²) < 4.78 is 5.05. The molecule has 1 fully saturated rings. The first-order valence-corrected chi connectivity index (χ1v) is 8.69. The summed E-state index contributed by atoms with van der Waals surface area (Å²) in [6, 6.07) is 13.8. The third-order valence-corrected chi connectivity index (χ3v) is 4.46. The number of carbonyl (C=O) groups excluding carboxylic acids is 2. The van der Waals surface area contributed by atoms with E-state index in [9.17, 15) is 14.7 Å². The smallest absolute Gasteiger partial charge is 0.410 e. The number of nitrogens with zero attached hydrogens (tertiary/aromatic N) is 2. The summed E-state index contributed by atoms with van der Waals surface area (Å²) in [5.74, 6) is -0.153. The number of hydrogen-bond donors (Lipinski definition) is 2. The molecule has 1 saturated heterocycles. The minimum atomic E-state index is -0.694. The van der Waals surface area contributed by atoms with Gasteiger partial charge >= 0.3 is 6.09 Å². The Morgan fingerprint density at radius 2 is 1.96 bits per heavy atom. The molecule has 0 spiro atoms. The molecule has 7 heteroatoms. The number of ether oxygens (including phenoxy) is 1. The van der Waals surface area contributed by atoms with Crippen molar-refractivity contribution in [2.24, 2.45) is 0 Å². The van der Waals surface area contributed by atoms with Crippen molar-refractivity contribution < 1.29 is 19.4 Å². The van der Waals surface area contributed by atoms with Gasteiger partial charge in [-0.15, -0.1) is 0 Å². The van der Waals surface area contributed by atoms with Crippen LogP contribution in [0.15, 0.2) is 48.5 Å². The Bertz CT molecular complexity index is 820. The number of cyclic esters (lactones) is 1. The van der Waals surface area contributed by atoms with E-state index in [1.807, 2.05) is 43.3 Å². The molecule has 1 atom stereocenters. The fraction of sp³-hybridized carbons (Fsp3) is 0.300. The molecule has 1 aliphatic heterocycles. The van der Waals surface area contributed by atoms with Crippen molar-refractivity contribution in [1.82, 2.24) is 10.2 Å². The lowest BCUT2D eigenvalue weighted by Crippen LogP contribution is -2.45. The molecule has 142 valence electrons. The Hall–Kier alpha value is -3.22. The molecule has 0 unspecified atom stereocenters. The van der Waals surface area contributed by atoms with Crippen molar-refractivity contribution >= 4 is 17.7 Å². The zero-order valence-corrected chi connectivity index (χ0v) is 15.4. The van der Waals surface area contributed by atoms with Gasteiger partial charge < -0.3 is 20.1 Å². The van der Waals surface area contributed by atoms with Crippen LogP contribution in [0.25, 0.3) is 0 Å². The first-order chi connectivity index (χ1) is 12.9. The Kier molecular flexibility index (Phi) is 5.49. The molecule has 0 saturated carbocycles. The van der Waals surface area contributed by atoms with E-state index in [2.05, 4.69) is 5.32 Å². The van der Waals surface area contributed by atoms with Gasteiger partial charge in [0.2, 0.25) is 5.91 Å². The van der Waals surface area contributed by atoms with Crippen molar-refractivity contribution in [3.05, 3.63) is 59.7 Å². The van der Waals surface area contributed by atoms with Crippen LogP contribution < -0.4 is 10.2 Å². The number of aromatic hydroxyl groups is 1. The average Bonchev–Trinajstić information content (AvgIpc) is 3.01. The molecule has 1 heterocycles. The van der Waals surface area contributed by atoms with E-state index in [1.54, 1.807) is 24.3 Å². The fourth-order valence-electron chi connectivity index (χ4n) is 2.91. The van der Waals surface area contributed by atoms with Crippen molar-refractivity contribution in [3.8, 4) is 5.75 Å². The largest absolute Gasteiger partial charge is 0.508 e. The number of nitrogens with one attached hydrogen (secondary N) is 1. The Labute approximate surface area is 158 Å². The van der Waals surface area contributed by atoms with Crippen LogP contribution in [0.2, 0.25) is 0 Å². The lowest BCUT2D eigenvalue weighted by molar-refractivity contribution is -0.125. The van der Waals surface area contributed by atoms with E-state index >= 15 is 0 Å². The summed E-state index contributed by atoms with van der Waals surface area (Å²) >= 11 is 0. The molecule has 2 N–H and O–H groups in total. The van der Waals surface area contributed by atoms with Gasteiger partial charge in [0.15, 0.2) is 0 Å². The third kappa shape index (κ3) is 4.49. The number of amides is 2. The van der Waals surface area contributed by atoms with Gasteiger partial charge in [-0.25, -0.2) is 4.79 Å². The quantitative estimate of drug-likeness (QED) is 0.815. The summed E-state index contributed by atoms with van der Waals surface area (Å²) in [5, 5.41) is 12.4. The van der Waals surface area contributed by atoms with Crippen molar-refractivity contribution in [2.45, 2.75) is 19.1 Å². The highest BCUT2D eigenvalue weighted by Crippen LogP contribution is 2.19. The monoisotopic (exact) mass is 369 g/mol. The van der Waals surface area contributed by atoms with E-state index in [1.165, 1.54) is 4.90 Å². The average molecular weight is 369 g/mol. The van der Waals surface area contributed by atoms with Crippen molar-refractivity contribution in [1.29, 1.82) is 0 Å². The fourth-order valence-corrected chi connectivity index (χ4v) is 2.91. The molecule has 0 radical (unpaired) electrons. The second kappa shape index (κ2) is 7.99. The predicted octanol–water partition coefficient (Wildman–Crippen LogP) is 2.10. The first-order valence-electron chi connectivity index (χ1n) is 8.69. The normalized spacial score (nSPS) is 16.1. The van der Waals surface area contributed by atoms with E-state index in [0.717, 1.165) is 16.8 Å². The lowest BCUT2D eigenvalue weighted by Gasteiger charge is -2.21. The molecular formula is C20H23N3O4. The molecule has 7 nitrogen and oxygen atoms in total. The number of hydrogen-bond acceptors (Lipinski definition) is 5. The predicted molar refractivity (Wildman–Crippen MR) is 101 cm³/mol. The van der Waals surface area contributed by atoms with Gasteiger partial charge in [-0.2, -0.15) is 0 Å². The zero-order chi connectivity index (χ0) is 19.4. The number of phenols is 1.